The Bertz CT molecular complexity index is 1050. The molecule has 0 aliphatic heterocycles. The summed E-state index contributed by atoms with van der Waals surface area (Å²) < 4.78 is 27.6. The molecule has 0 aliphatic rings. The van der Waals surface area contributed by atoms with Gasteiger partial charge in [-0.2, -0.15) is 0 Å². The molecule has 2 aromatic carbocycles. The van der Waals surface area contributed by atoms with Gasteiger partial charge in [0.2, 0.25) is 5.16 Å². The lowest BCUT2D eigenvalue weighted by Gasteiger charge is -2.04. The highest BCUT2D eigenvalue weighted by Crippen LogP contribution is 2.27. The number of hydrogen-bond acceptors (Lipinski definition) is 4. The Balaban J connectivity index is 1.58. The Kier molecular flexibility index (Phi) is 4.15. The minimum atomic E-state index is -0.365. The predicted molar refractivity (Wildman–Crippen MR) is 93.0 cm³/mol. The van der Waals surface area contributed by atoms with Crippen molar-refractivity contribution >= 4 is 22.7 Å². The molecule has 0 amide bonds. The Morgan fingerprint density at radius 2 is 1.92 bits per heavy atom. The molecule has 2 aromatic heterocycles. The Hall–Kier alpha value is -2.80. The first-order valence-corrected chi connectivity index (χ1v) is 8.52. The van der Waals surface area contributed by atoms with Gasteiger partial charge in [-0.25, -0.2) is 13.8 Å². The minimum absolute atomic E-state index is 0.307. The number of halogens is 2. The highest BCUT2D eigenvalue weighted by atomic mass is 32.2. The molecule has 25 heavy (non-hydrogen) atoms. The molecular weight excluding hydrogens is 342 g/mol. The molecule has 2 heterocycles. The lowest BCUT2D eigenvalue weighted by molar-refractivity contribution is 0.628. The molecule has 0 fully saturated rings. The van der Waals surface area contributed by atoms with Gasteiger partial charge in [-0.1, -0.05) is 30.0 Å². The van der Waals surface area contributed by atoms with Crippen molar-refractivity contribution in [2.24, 2.45) is 0 Å². The molecule has 1 N–H and O–H groups in total. The first kappa shape index (κ1) is 15.7. The highest BCUT2D eigenvalue weighted by molar-refractivity contribution is 7.98. The number of nitrogens with zero attached hydrogens (tertiary/aromatic N) is 3. The van der Waals surface area contributed by atoms with Crippen LogP contribution in [0.15, 0.2) is 59.9 Å². The summed E-state index contributed by atoms with van der Waals surface area (Å²) in [6.07, 6.45) is 1.68. The second-order valence-corrected chi connectivity index (χ2v) is 6.32. The van der Waals surface area contributed by atoms with Crippen molar-refractivity contribution in [3.8, 4) is 11.4 Å². The van der Waals surface area contributed by atoms with Gasteiger partial charge in [0, 0.05) is 17.3 Å². The van der Waals surface area contributed by atoms with Crippen molar-refractivity contribution < 1.29 is 8.78 Å². The number of fused-ring (bicyclic) bond motifs is 1. The van der Waals surface area contributed by atoms with E-state index in [-0.39, 0.29) is 11.6 Å². The molecule has 0 unspecified atom stereocenters. The van der Waals surface area contributed by atoms with Crippen molar-refractivity contribution in [2.45, 2.75) is 10.9 Å². The quantitative estimate of drug-likeness (QED) is 0.545. The highest BCUT2D eigenvalue weighted by Gasteiger charge is 2.12. The van der Waals surface area contributed by atoms with Crippen molar-refractivity contribution in [2.75, 3.05) is 0 Å². The average Bonchev–Trinajstić information content (AvgIpc) is 3.08. The van der Waals surface area contributed by atoms with Crippen molar-refractivity contribution in [1.29, 1.82) is 0 Å². The van der Waals surface area contributed by atoms with Crippen molar-refractivity contribution in [3.63, 3.8) is 0 Å². The third-order valence-corrected chi connectivity index (χ3v) is 4.60. The topological polar surface area (TPSA) is 54.5 Å². The van der Waals surface area contributed by atoms with E-state index in [4.69, 9.17) is 0 Å². The molecule has 4 rings (SSSR count). The maximum absolute atomic E-state index is 13.8. The summed E-state index contributed by atoms with van der Waals surface area (Å²) in [5, 5.41) is 8.05. The first-order valence-electron chi connectivity index (χ1n) is 7.54. The molecule has 0 saturated carbocycles. The molecule has 0 aliphatic carbocycles. The summed E-state index contributed by atoms with van der Waals surface area (Å²) in [6.45, 7) is 0. The van der Waals surface area contributed by atoms with E-state index in [0.717, 1.165) is 16.5 Å². The van der Waals surface area contributed by atoms with Crippen molar-refractivity contribution in [3.05, 3.63) is 71.9 Å². The third kappa shape index (κ3) is 3.23. The zero-order valence-corrected chi connectivity index (χ0v) is 13.7. The van der Waals surface area contributed by atoms with Gasteiger partial charge in [0.25, 0.3) is 0 Å². The number of rotatable bonds is 4. The summed E-state index contributed by atoms with van der Waals surface area (Å²) in [6, 6.07) is 12.9. The Morgan fingerprint density at radius 3 is 2.80 bits per heavy atom. The fourth-order valence-electron chi connectivity index (χ4n) is 2.56. The smallest absolute Gasteiger partial charge is 0.209 e. The van der Waals surface area contributed by atoms with Crippen LogP contribution in [-0.4, -0.2) is 20.2 Å². The second-order valence-electron chi connectivity index (χ2n) is 5.38. The van der Waals surface area contributed by atoms with Crippen LogP contribution in [0.5, 0.6) is 0 Å². The van der Waals surface area contributed by atoms with Crippen molar-refractivity contribution in [1.82, 2.24) is 20.2 Å². The molecule has 7 heteroatoms. The monoisotopic (exact) mass is 354 g/mol. The van der Waals surface area contributed by atoms with Crippen LogP contribution in [0.4, 0.5) is 8.78 Å². The standard InChI is InChI=1S/C18H12F2N4S/c19-13-8-11-4-3-7-21-16(11)12(9-13)10-25-18-22-17(23-24-18)14-5-1-2-6-15(14)20/h1-9H,10H2,(H,22,23,24). The summed E-state index contributed by atoms with van der Waals surface area (Å²) in [4.78, 5) is 8.62. The second kappa shape index (κ2) is 6.60. The van der Waals surface area contributed by atoms with E-state index < -0.39 is 0 Å². The van der Waals surface area contributed by atoms with Crippen LogP contribution in [0.1, 0.15) is 5.56 Å². The number of benzene rings is 2. The molecular formula is C18H12F2N4S. The number of H-pyrrole nitrogens is 1. The molecule has 0 spiro atoms. The van der Waals surface area contributed by atoms with Gasteiger partial charge >= 0.3 is 0 Å². The molecule has 4 aromatic rings. The normalized spacial score (nSPS) is 11.1. The van der Waals surface area contributed by atoms with Gasteiger partial charge in [-0.3, -0.25) is 10.1 Å². The van der Waals surface area contributed by atoms with Crippen LogP contribution in [0.2, 0.25) is 0 Å². The summed E-state index contributed by atoms with van der Waals surface area (Å²) in [7, 11) is 0. The van der Waals surface area contributed by atoms with Crippen LogP contribution in [0.3, 0.4) is 0 Å². The fraction of sp³-hybridized carbons (Fsp3) is 0.0556. The van der Waals surface area contributed by atoms with E-state index >= 15 is 0 Å². The van der Waals surface area contributed by atoms with E-state index in [1.807, 2.05) is 6.07 Å². The number of hydrogen-bond donors (Lipinski definition) is 1. The van der Waals surface area contributed by atoms with Gasteiger partial charge in [0.15, 0.2) is 5.82 Å². The van der Waals surface area contributed by atoms with Crippen LogP contribution < -0.4 is 0 Å². The summed E-state index contributed by atoms with van der Waals surface area (Å²) in [5.74, 6) is 0.149. The van der Waals surface area contributed by atoms with Crippen LogP contribution in [-0.2, 0) is 5.75 Å². The van der Waals surface area contributed by atoms with Gasteiger partial charge in [-0.05, 0) is 35.9 Å². The number of aromatic nitrogens is 4. The van der Waals surface area contributed by atoms with E-state index in [9.17, 15) is 8.78 Å². The fourth-order valence-corrected chi connectivity index (χ4v) is 3.34. The maximum Gasteiger partial charge on any atom is 0.209 e. The maximum atomic E-state index is 13.8. The number of pyridine rings is 1. The van der Waals surface area contributed by atoms with E-state index in [0.29, 0.717) is 22.3 Å². The van der Waals surface area contributed by atoms with Gasteiger partial charge in [-0.15, -0.1) is 5.10 Å². The third-order valence-electron chi connectivity index (χ3n) is 3.70. The molecule has 0 atom stereocenters. The lowest BCUT2D eigenvalue weighted by Crippen LogP contribution is -1.90. The van der Waals surface area contributed by atoms with Gasteiger partial charge in [0.1, 0.15) is 11.6 Å². The number of thioether (sulfide) groups is 1. The Morgan fingerprint density at radius 1 is 1.04 bits per heavy atom. The summed E-state index contributed by atoms with van der Waals surface area (Å²) in [5.41, 5.74) is 1.87. The number of aromatic amines is 1. The van der Waals surface area contributed by atoms with Crippen LogP contribution >= 0.6 is 11.8 Å². The average molecular weight is 354 g/mol. The predicted octanol–water partition coefficient (Wildman–Crippen LogP) is 4.59. The molecule has 124 valence electrons. The SMILES string of the molecule is Fc1cc(CSc2n[nH]c(-c3ccccc3F)n2)c2ncccc2c1. The molecule has 0 bridgehead atoms. The van der Waals surface area contributed by atoms with E-state index in [1.54, 1.807) is 30.5 Å². The summed E-state index contributed by atoms with van der Waals surface area (Å²) >= 11 is 1.34. The van der Waals surface area contributed by atoms with Gasteiger partial charge in [0.05, 0.1) is 11.1 Å². The Labute approximate surface area is 146 Å². The van der Waals surface area contributed by atoms with E-state index in [2.05, 4.69) is 20.2 Å². The van der Waals surface area contributed by atoms with E-state index in [1.165, 1.54) is 30.0 Å². The van der Waals surface area contributed by atoms with Gasteiger partial charge < -0.3 is 0 Å². The zero-order chi connectivity index (χ0) is 17.2. The molecule has 0 radical (unpaired) electrons. The van der Waals surface area contributed by atoms with Crippen LogP contribution in [0, 0.1) is 11.6 Å². The molecule has 0 saturated heterocycles. The molecule has 4 nitrogen and oxygen atoms in total. The zero-order valence-electron chi connectivity index (χ0n) is 12.9. The lowest BCUT2D eigenvalue weighted by atomic mass is 10.1. The van der Waals surface area contributed by atoms with Crippen LogP contribution in [0.25, 0.3) is 22.3 Å². The largest absolute Gasteiger partial charge is 0.258 e. The number of nitrogens with one attached hydrogen (secondary N) is 1. The minimum Gasteiger partial charge on any atom is -0.258 e. The first-order chi connectivity index (χ1) is 12.2.